The molecule has 1 saturated heterocycles. The number of ether oxygens (including phenoxy) is 4. The van der Waals surface area contributed by atoms with Gasteiger partial charge in [0, 0.05) is 32.5 Å². The molecule has 0 saturated carbocycles. The first kappa shape index (κ1) is 32.8. The Labute approximate surface area is 251 Å². The second-order valence-corrected chi connectivity index (χ2v) is 12.8. The Hall–Kier alpha value is -3.68. The van der Waals surface area contributed by atoms with Crippen LogP contribution in [-0.2, 0) is 31.0 Å². The Morgan fingerprint density at radius 3 is 2.07 bits per heavy atom. The summed E-state index contributed by atoms with van der Waals surface area (Å²) in [5.41, 5.74) is 2.66. The van der Waals surface area contributed by atoms with E-state index in [1.165, 1.54) is 5.56 Å². The molecule has 0 aliphatic carbocycles. The predicted octanol–water partition coefficient (Wildman–Crippen LogP) is 7.18. The zero-order chi connectivity index (χ0) is 31.2. The van der Waals surface area contributed by atoms with Gasteiger partial charge in [0.15, 0.2) is 5.57 Å². The van der Waals surface area contributed by atoms with Crippen LogP contribution in [0.5, 0.6) is 11.5 Å². The minimum Gasteiger partial charge on any atom is -0.497 e. The van der Waals surface area contributed by atoms with E-state index in [1.807, 2.05) is 0 Å². The summed E-state index contributed by atoms with van der Waals surface area (Å²) < 4.78 is 22.1. The van der Waals surface area contributed by atoms with Crippen LogP contribution < -0.4 is 14.8 Å². The SMILES string of the molecule is COc1ccc(NC(=C2C(=O)OC(C)(C)OC2=O)N(Cc2ccc(C(C)(C)C)cc2)C(C)CCCC(C)C)c(OC)c1. The van der Waals surface area contributed by atoms with Crippen molar-refractivity contribution in [1.29, 1.82) is 0 Å². The number of carbonyl (C=O) groups excluding carboxylic acids is 2. The average molecular weight is 581 g/mol. The molecule has 2 aromatic carbocycles. The second kappa shape index (κ2) is 13.5. The standard InChI is InChI=1S/C34H48N2O6/c1-22(2)12-11-13-23(3)36(21-24-14-16-25(17-15-24)33(4,5)6)30(29-31(37)41-34(7,8)42-32(29)38)35-27-19-18-26(39-9)20-28(27)40-10/h14-20,22-23,35H,11-13,21H2,1-10H3. The summed E-state index contributed by atoms with van der Waals surface area (Å²) in [6, 6.07) is 13.8. The number of cyclic esters (lactones) is 2. The van der Waals surface area contributed by atoms with Crippen molar-refractivity contribution < 1.29 is 28.5 Å². The fourth-order valence-electron chi connectivity index (χ4n) is 4.89. The van der Waals surface area contributed by atoms with Crippen molar-refractivity contribution in [2.24, 2.45) is 5.92 Å². The van der Waals surface area contributed by atoms with Gasteiger partial charge in [-0.25, -0.2) is 9.59 Å². The Bertz CT molecular complexity index is 1250. The van der Waals surface area contributed by atoms with Gasteiger partial charge >= 0.3 is 11.9 Å². The zero-order valence-electron chi connectivity index (χ0n) is 26.9. The van der Waals surface area contributed by atoms with Gasteiger partial charge < -0.3 is 29.2 Å². The van der Waals surface area contributed by atoms with E-state index < -0.39 is 17.7 Å². The first-order valence-corrected chi connectivity index (χ1v) is 14.7. The molecular weight excluding hydrogens is 532 g/mol. The van der Waals surface area contributed by atoms with Crippen LogP contribution in [0, 0.1) is 5.92 Å². The molecule has 0 bridgehead atoms. The normalized spacial score (nSPS) is 15.5. The average Bonchev–Trinajstić information content (AvgIpc) is 2.89. The molecule has 1 aliphatic rings. The molecule has 2 aromatic rings. The van der Waals surface area contributed by atoms with Gasteiger partial charge in [0.1, 0.15) is 17.3 Å². The van der Waals surface area contributed by atoms with Crippen molar-refractivity contribution in [3.8, 4) is 11.5 Å². The third kappa shape index (κ3) is 8.43. The largest absolute Gasteiger partial charge is 0.497 e. The van der Waals surface area contributed by atoms with Crippen molar-refractivity contribution in [3.63, 3.8) is 0 Å². The smallest absolute Gasteiger partial charge is 0.352 e. The van der Waals surface area contributed by atoms with Gasteiger partial charge in [-0.2, -0.15) is 0 Å². The molecule has 8 nitrogen and oxygen atoms in total. The lowest BCUT2D eigenvalue weighted by Gasteiger charge is -2.37. The van der Waals surface area contributed by atoms with E-state index in [9.17, 15) is 9.59 Å². The molecule has 230 valence electrons. The number of anilines is 1. The molecule has 8 heteroatoms. The van der Waals surface area contributed by atoms with Crippen LogP contribution in [0.2, 0.25) is 0 Å². The van der Waals surface area contributed by atoms with Crippen LogP contribution in [0.25, 0.3) is 0 Å². The summed E-state index contributed by atoms with van der Waals surface area (Å²) in [4.78, 5) is 29.0. The highest BCUT2D eigenvalue weighted by Crippen LogP contribution is 2.35. The minimum absolute atomic E-state index is 0.0182. The number of rotatable bonds is 12. The summed E-state index contributed by atoms with van der Waals surface area (Å²) in [5, 5.41) is 3.37. The molecule has 1 unspecified atom stereocenters. The number of hydrogen-bond acceptors (Lipinski definition) is 8. The molecule has 1 fully saturated rings. The first-order chi connectivity index (χ1) is 19.6. The Balaban J connectivity index is 2.16. The number of nitrogens with zero attached hydrogens (tertiary/aromatic N) is 1. The van der Waals surface area contributed by atoms with Crippen LogP contribution in [-0.4, -0.2) is 42.9 Å². The quantitative estimate of drug-likeness (QED) is 0.161. The lowest BCUT2D eigenvalue weighted by Crippen LogP contribution is -2.45. The van der Waals surface area contributed by atoms with Crippen molar-refractivity contribution >= 4 is 17.6 Å². The fourth-order valence-corrected chi connectivity index (χ4v) is 4.89. The number of benzene rings is 2. The lowest BCUT2D eigenvalue weighted by atomic mass is 9.86. The van der Waals surface area contributed by atoms with E-state index in [2.05, 4.69) is 76.0 Å². The monoisotopic (exact) mass is 580 g/mol. The Morgan fingerprint density at radius 2 is 1.55 bits per heavy atom. The molecule has 0 spiro atoms. The predicted molar refractivity (Wildman–Crippen MR) is 165 cm³/mol. The second-order valence-electron chi connectivity index (χ2n) is 12.8. The van der Waals surface area contributed by atoms with Crippen LogP contribution >= 0.6 is 0 Å². The number of carbonyl (C=O) groups is 2. The Kier molecular flexibility index (Phi) is 10.6. The Morgan fingerprint density at radius 1 is 0.929 bits per heavy atom. The maximum atomic E-state index is 13.4. The molecule has 1 atom stereocenters. The number of methoxy groups -OCH3 is 2. The molecule has 0 aromatic heterocycles. The van der Waals surface area contributed by atoms with E-state index in [4.69, 9.17) is 18.9 Å². The number of nitrogens with one attached hydrogen (secondary N) is 1. The van der Waals surface area contributed by atoms with Gasteiger partial charge in [-0.3, -0.25) is 0 Å². The van der Waals surface area contributed by atoms with Crippen LogP contribution in [0.3, 0.4) is 0 Å². The zero-order valence-corrected chi connectivity index (χ0v) is 26.9. The van der Waals surface area contributed by atoms with Gasteiger partial charge in [-0.1, -0.05) is 71.7 Å². The van der Waals surface area contributed by atoms with Crippen LogP contribution in [0.15, 0.2) is 53.9 Å². The summed E-state index contributed by atoms with van der Waals surface area (Å²) in [7, 11) is 3.14. The summed E-state index contributed by atoms with van der Waals surface area (Å²) in [6.07, 6.45) is 2.92. The van der Waals surface area contributed by atoms with E-state index in [0.717, 1.165) is 24.8 Å². The fraction of sp³-hybridized carbons (Fsp3) is 0.529. The topological polar surface area (TPSA) is 86.3 Å². The summed E-state index contributed by atoms with van der Waals surface area (Å²) in [6.45, 7) is 16.6. The van der Waals surface area contributed by atoms with E-state index in [0.29, 0.717) is 35.5 Å². The third-order valence-electron chi connectivity index (χ3n) is 7.38. The molecule has 1 aliphatic heterocycles. The van der Waals surface area contributed by atoms with Crippen LogP contribution in [0.4, 0.5) is 5.69 Å². The summed E-state index contributed by atoms with van der Waals surface area (Å²) in [5.74, 6) is -0.865. The van der Waals surface area contributed by atoms with Crippen molar-refractivity contribution in [2.75, 3.05) is 19.5 Å². The lowest BCUT2D eigenvalue weighted by molar-refractivity contribution is -0.222. The van der Waals surface area contributed by atoms with Crippen LogP contribution in [0.1, 0.15) is 85.8 Å². The molecule has 42 heavy (non-hydrogen) atoms. The van der Waals surface area contributed by atoms with Gasteiger partial charge in [0.25, 0.3) is 5.79 Å². The van der Waals surface area contributed by atoms with E-state index >= 15 is 0 Å². The third-order valence-corrected chi connectivity index (χ3v) is 7.38. The number of esters is 2. The highest BCUT2D eigenvalue weighted by Gasteiger charge is 2.43. The molecule has 0 amide bonds. The van der Waals surface area contributed by atoms with Gasteiger partial charge in [0.05, 0.1) is 19.9 Å². The maximum Gasteiger partial charge on any atom is 0.352 e. The summed E-state index contributed by atoms with van der Waals surface area (Å²) >= 11 is 0. The van der Waals surface area contributed by atoms with Gasteiger partial charge in [0.2, 0.25) is 0 Å². The molecular formula is C34H48N2O6. The maximum absolute atomic E-state index is 13.4. The first-order valence-electron chi connectivity index (χ1n) is 14.7. The van der Waals surface area contributed by atoms with E-state index in [-0.39, 0.29) is 17.0 Å². The molecule has 0 radical (unpaired) electrons. The molecule has 1 heterocycles. The highest BCUT2D eigenvalue weighted by atomic mass is 16.7. The van der Waals surface area contributed by atoms with Gasteiger partial charge in [-0.05, 0) is 47.9 Å². The number of hydrogen-bond donors (Lipinski definition) is 1. The van der Waals surface area contributed by atoms with Crippen molar-refractivity contribution in [2.45, 2.75) is 98.4 Å². The molecule has 1 N–H and O–H groups in total. The van der Waals surface area contributed by atoms with Crippen molar-refractivity contribution in [1.82, 2.24) is 4.90 Å². The highest BCUT2D eigenvalue weighted by molar-refractivity contribution is 6.16. The van der Waals surface area contributed by atoms with E-state index in [1.54, 1.807) is 46.3 Å². The van der Waals surface area contributed by atoms with Gasteiger partial charge in [-0.15, -0.1) is 0 Å². The minimum atomic E-state index is -1.36. The molecule has 3 rings (SSSR count). The van der Waals surface area contributed by atoms with Crippen molar-refractivity contribution in [3.05, 3.63) is 65.0 Å².